The number of rotatable bonds is 8. The molecule has 0 heterocycles. The van der Waals surface area contributed by atoms with Crippen molar-refractivity contribution in [3.05, 3.63) is 71.3 Å². The van der Waals surface area contributed by atoms with Gasteiger partial charge in [-0.25, -0.2) is 0 Å². The molecule has 0 spiro atoms. The van der Waals surface area contributed by atoms with E-state index in [-0.39, 0.29) is 5.97 Å². The molecule has 0 bridgehead atoms. The molecule has 1 N–H and O–H groups in total. The first-order chi connectivity index (χ1) is 11.6. The molecule has 0 aromatic heterocycles. The molecule has 0 saturated carbocycles. The Hall–Kier alpha value is -2.13. The minimum atomic E-state index is -0.160. The lowest BCUT2D eigenvalue weighted by Gasteiger charge is -2.20. The van der Waals surface area contributed by atoms with E-state index >= 15 is 0 Å². The number of esters is 1. The third kappa shape index (κ3) is 5.82. The first kappa shape index (κ1) is 18.2. The van der Waals surface area contributed by atoms with Crippen LogP contribution < -0.4 is 5.32 Å². The van der Waals surface area contributed by atoms with Crippen molar-refractivity contribution < 1.29 is 9.53 Å². The Balaban J connectivity index is 1.89. The van der Waals surface area contributed by atoms with Crippen LogP contribution in [0.3, 0.4) is 0 Å². The minimum absolute atomic E-state index is 0.160. The lowest BCUT2D eigenvalue weighted by molar-refractivity contribution is -0.140. The number of carbonyl (C=O) groups excluding carboxylic acids is 1. The van der Waals surface area contributed by atoms with Crippen molar-refractivity contribution in [2.75, 3.05) is 7.11 Å². The van der Waals surface area contributed by atoms with Crippen LogP contribution >= 0.6 is 0 Å². The molecule has 3 heteroatoms. The lowest BCUT2D eigenvalue weighted by Crippen LogP contribution is -2.30. The maximum absolute atomic E-state index is 11.3. The van der Waals surface area contributed by atoms with Crippen molar-refractivity contribution in [1.29, 1.82) is 0 Å². The Morgan fingerprint density at radius 2 is 1.75 bits per heavy atom. The van der Waals surface area contributed by atoms with E-state index in [1.165, 1.54) is 23.8 Å². The van der Waals surface area contributed by atoms with Crippen molar-refractivity contribution in [3.8, 4) is 0 Å². The highest BCUT2D eigenvalue weighted by atomic mass is 16.5. The van der Waals surface area contributed by atoms with Crippen molar-refractivity contribution >= 4 is 5.97 Å². The number of nitrogens with one attached hydrogen (secondary N) is 1. The Bertz CT molecular complexity index is 639. The van der Waals surface area contributed by atoms with Gasteiger partial charge in [-0.15, -0.1) is 0 Å². The van der Waals surface area contributed by atoms with E-state index in [1.807, 2.05) is 6.07 Å². The molecule has 0 fully saturated rings. The van der Waals surface area contributed by atoms with E-state index in [1.54, 1.807) is 0 Å². The number of methoxy groups -OCH3 is 1. The Kier molecular flexibility index (Phi) is 7.01. The summed E-state index contributed by atoms with van der Waals surface area (Å²) in [6.07, 6.45) is 2.12. The largest absolute Gasteiger partial charge is 0.469 e. The number of carbonyl (C=O) groups is 1. The van der Waals surface area contributed by atoms with Crippen LogP contribution in [0.1, 0.15) is 43.0 Å². The van der Waals surface area contributed by atoms with Gasteiger partial charge in [0.15, 0.2) is 0 Å². The van der Waals surface area contributed by atoms with Gasteiger partial charge in [0.25, 0.3) is 0 Å². The van der Waals surface area contributed by atoms with Gasteiger partial charge in [-0.2, -0.15) is 0 Å². The van der Waals surface area contributed by atoms with E-state index < -0.39 is 0 Å². The molecule has 0 aliphatic rings. The minimum Gasteiger partial charge on any atom is -0.469 e. The zero-order valence-corrected chi connectivity index (χ0v) is 14.8. The second-order valence-electron chi connectivity index (χ2n) is 6.30. The molecule has 128 valence electrons. The monoisotopic (exact) mass is 325 g/mol. The Morgan fingerprint density at radius 1 is 1.04 bits per heavy atom. The van der Waals surface area contributed by atoms with Crippen LogP contribution in [0, 0.1) is 0 Å². The maximum atomic E-state index is 11.3. The Morgan fingerprint density at radius 3 is 2.46 bits per heavy atom. The molecule has 0 saturated heterocycles. The summed E-state index contributed by atoms with van der Waals surface area (Å²) in [5.41, 5.74) is 3.77. The molecule has 0 aliphatic carbocycles. The normalized spacial score (nSPS) is 13.3. The van der Waals surface area contributed by atoms with Crippen LogP contribution in [-0.2, 0) is 22.4 Å². The number of aryl methyl sites for hydroxylation is 1. The zero-order chi connectivity index (χ0) is 17.4. The lowest BCUT2D eigenvalue weighted by atomic mass is 10.0. The fraction of sp³-hybridized carbons (Fsp3) is 0.381. The average Bonchev–Trinajstić information content (AvgIpc) is 2.60. The predicted molar refractivity (Wildman–Crippen MR) is 97.9 cm³/mol. The summed E-state index contributed by atoms with van der Waals surface area (Å²) in [5.74, 6) is -0.160. The smallest absolute Gasteiger partial charge is 0.305 e. The van der Waals surface area contributed by atoms with Crippen LogP contribution in [0.5, 0.6) is 0 Å². The van der Waals surface area contributed by atoms with Gasteiger partial charge in [0.2, 0.25) is 0 Å². The van der Waals surface area contributed by atoms with Gasteiger partial charge in [0.05, 0.1) is 7.11 Å². The van der Waals surface area contributed by atoms with E-state index in [4.69, 9.17) is 4.74 Å². The molecule has 2 aromatic rings. The van der Waals surface area contributed by atoms with Gasteiger partial charge < -0.3 is 10.1 Å². The number of ether oxygens (including phenoxy) is 1. The topological polar surface area (TPSA) is 38.3 Å². The van der Waals surface area contributed by atoms with E-state index in [0.29, 0.717) is 18.5 Å². The first-order valence-electron chi connectivity index (χ1n) is 8.54. The van der Waals surface area contributed by atoms with Crippen LogP contribution in [0.25, 0.3) is 0 Å². The van der Waals surface area contributed by atoms with Crippen LogP contribution in [-0.4, -0.2) is 19.1 Å². The molecular weight excluding hydrogens is 298 g/mol. The van der Waals surface area contributed by atoms with E-state index in [0.717, 1.165) is 12.8 Å². The summed E-state index contributed by atoms with van der Waals surface area (Å²) in [6.45, 7) is 4.40. The summed E-state index contributed by atoms with van der Waals surface area (Å²) >= 11 is 0. The van der Waals surface area contributed by atoms with Gasteiger partial charge in [0.1, 0.15) is 0 Å². The molecule has 0 radical (unpaired) electrons. The standard InChI is InChI=1S/C21H27NO2/c1-16(22-17(2)20-10-5-4-6-11-20)14-19-9-7-8-18(15-19)12-13-21(23)24-3/h4-11,15-17,22H,12-14H2,1-3H3/t16-,17-/m1/s1. The van der Waals surface area contributed by atoms with E-state index in [2.05, 4.69) is 67.7 Å². The molecule has 3 nitrogen and oxygen atoms in total. The quantitative estimate of drug-likeness (QED) is 0.743. The second-order valence-corrected chi connectivity index (χ2v) is 6.30. The van der Waals surface area contributed by atoms with Gasteiger partial charge in [-0.1, -0.05) is 54.6 Å². The van der Waals surface area contributed by atoms with Gasteiger partial charge in [0, 0.05) is 18.5 Å². The Labute approximate surface area is 145 Å². The maximum Gasteiger partial charge on any atom is 0.305 e. The van der Waals surface area contributed by atoms with Crippen LogP contribution in [0.2, 0.25) is 0 Å². The second kappa shape index (κ2) is 9.24. The van der Waals surface area contributed by atoms with Crippen molar-refractivity contribution in [2.24, 2.45) is 0 Å². The van der Waals surface area contributed by atoms with Gasteiger partial charge in [-0.3, -0.25) is 4.79 Å². The number of hydrogen-bond acceptors (Lipinski definition) is 3. The van der Waals surface area contributed by atoms with Gasteiger partial charge >= 0.3 is 5.97 Å². The summed E-state index contributed by atoms with van der Waals surface area (Å²) in [6, 6.07) is 19.6. The van der Waals surface area contributed by atoms with Crippen molar-refractivity contribution in [1.82, 2.24) is 5.32 Å². The predicted octanol–water partition coefficient (Wildman–Crippen LogP) is 4.07. The summed E-state index contributed by atoms with van der Waals surface area (Å²) in [5, 5.41) is 3.65. The first-order valence-corrected chi connectivity index (χ1v) is 8.54. The molecule has 24 heavy (non-hydrogen) atoms. The zero-order valence-electron chi connectivity index (χ0n) is 14.8. The summed E-state index contributed by atoms with van der Waals surface area (Å²) in [4.78, 5) is 11.3. The SMILES string of the molecule is COC(=O)CCc1cccc(C[C@@H](C)N[C@H](C)c2ccccc2)c1. The average molecular weight is 325 g/mol. The molecule has 0 amide bonds. The summed E-state index contributed by atoms with van der Waals surface area (Å²) in [7, 11) is 1.43. The molecule has 2 aromatic carbocycles. The van der Waals surface area contributed by atoms with Gasteiger partial charge in [-0.05, 0) is 43.4 Å². The molecule has 2 rings (SSSR count). The fourth-order valence-corrected chi connectivity index (χ4v) is 2.94. The summed E-state index contributed by atoms with van der Waals surface area (Å²) < 4.78 is 4.70. The van der Waals surface area contributed by atoms with E-state index in [9.17, 15) is 4.79 Å². The van der Waals surface area contributed by atoms with Crippen LogP contribution in [0.4, 0.5) is 0 Å². The molecule has 2 atom stereocenters. The highest BCUT2D eigenvalue weighted by Crippen LogP contribution is 2.15. The molecular formula is C21H27NO2. The van der Waals surface area contributed by atoms with Crippen molar-refractivity contribution in [2.45, 2.75) is 45.2 Å². The highest BCUT2D eigenvalue weighted by Gasteiger charge is 2.10. The number of benzene rings is 2. The van der Waals surface area contributed by atoms with Crippen LogP contribution in [0.15, 0.2) is 54.6 Å². The van der Waals surface area contributed by atoms with Crippen molar-refractivity contribution in [3.63, 3.8) is 0 Å². The fourth-order valence-electron chi connectivity index (χ4n) is 2.94. The molecule has 0 aliphatic heterocycles. The third-order valence-corrected chi connectivity index (χ3v) is 4.21. The number of hydrogen-bond donors (Lipinski definition) is 1. The highest BCUT2D eigenvalue weighted by molar-refractivity contribution is 5.69. The molecule has 0 unspecified atom stereocenters. The third-order valence-electron chi connectivity index (χ3n) is 4.21.